The summed E-state index contributed by atoms with van der Waals surface area (Å²) in [7, 11) is 3.85. The van der Waals surface area contributed by atoms with Crippen LogP contribution in [0.1, 0.15) is 5.56 Å². The molecule has 1 aromatic heterocycles. The zero-order valence-electron chi connectivity index (χ0n) is 11.1. The van der Waals surface area contributed by atoms with Gasteiger partial charge in [0.05, 0.1) is 0 Å². The molecule has 5 heteroatoms. The fourth-order valence-corrected chi connectivity index (χ4v) is 1.77. The molecule has 0 aliphatic rings. The van der Waals surface area contributed by atoms with Crippen LogP contribution in [0.5, 0.6) is 0 Å². The van der Waals surface area contributed by atoms with Gasteiger partial charge < -0.3 is 10.2 Å². The summed E-state index contributed by atoms with van der Waals surface area (Å²) < 4.78 is 0. The molecule has 2 aromatic rings. The Hall–Kier alpha value is -1.81. The first-order valence-corrected chi connectivity index (χ1v) is 6.51. The van der Waals surface area contributed by atoms with Crippen LogP contribution < -0.4 is 10.2 Å². The smallest absolute Gasteiger partial charge is 0.226 e. The van der Waals surface area contributed by atoms with E-state index in [0.29, 0.717) is 5.95 Å². The molecule has 0 radical (unpaired) electrons. The zero-order chi connectivity index (χ0) is 13.7. The Labute approximate surface area is 118 Å². The molecule has 0 bridgehead atoms. The highest BCUT2D eigenvalue weighted by atomic mass is 35.5. The van der Waals surface area contributed by atoms with Crippen molar-refractivity contribution in [3.05, 3.63) is 47.1 Å². The van der Waals surface area contributed by atoms with Crippen molar-refractivity contribution >= 4 is 23.4 Å². The number of hydrogen-bond donors (Lipinski definition) is 1. The fraction of sp³-hybridized carbons (Fsp3) is 0.286. The molecule has 0 saturated heterocycles. The number of nitrogens with one attached hydrogen (secondary N) is 1. The van der Waals surface area contributed by atoms with Crippen molar-refractivity contribution in [2.45, 2.75) is 6.42 Å². The van der Waals surface area contributed by atoms with E-state index < -0.39 is 0 Å². The number of rotatable bonds is 5. The highest BCUT2D eigenvalue weighted by Crippen LogP contribution is 2.11. The SMILES string of the molecule is CN(C)c1nccc(NCCc2ccc(Cl)cc2)n1. The summed E-state index contributed by atoms with van der Waals surface area (Å²) in [5.74, 6) is 1.55. The molecule has 0 amide bonds. The van der Waals surface area contributed by atoms with Crippen LogP contribution in [-0.2, 0) is 6.42 Å². The first kappa shape index (κ1) is 13.6. The van der Waals surface area contributed by atoms with Crippen LogP contribution >= 0.6 is 11.6 Å². The van der Waals surface area contributed by atoms with Crippen LogP contribution in [-0.4, -0.2) is 30.6 Å². The van der Waals surface area contributed by atoms with E-state index in [-0.39, 0.29) is 0 Å². The Kier molecular flexibility index (Phi) is 4.58. The third-order valence-corrected chi connectivity index (χ3v) is 2.93. The van der Waals surface area contributed by atoms with E-state index in [4.69, 9.17) is 11.6 Å². The maximum absolute atomic E-state index is 5.85. The number of benzene rings is 1. The minimum atomic E-state index is 0.705. The van der Waals surface area contributed by atoms with Gasteiger partial charge in [0.2, 0.25) is 5.95 Å². The Morgan fingerprint density at radius 2 is 1.89 bits per heavy atom. The molecule has 0 aliphatic carbocycles. The van der Waals surface area contributed by atoms with Crippen LogP contribution in [0.15, 0.2) is 36.5 Å². The van der Waals surface area contributed by atoms with Crippen molar-refractivity contribution < 1.29 is 0 Å². The first-order chi connectivity index (χ1) is 9.15. The van der Waals surface area contributed by atoms with Gasteiger partial charge in [0.15, 0.2) is 0 Å². The second-order valence-electron chi connectivity index (χ2n) is 4.44. The topological polar surface area (TPSA) is 41.1 Å². The van der Waals surface area contributed by atoms with Crippen molar-refractivity contribution in [2.24, 2.45) is 0 Å². The first-order valence-electron chi connectivity index (χ1n) is 6.14. The summed E-state index contributed by atoms with van der Waals surface area (Å²) in [6.07, 6.45) is 2.69. The standard InChI is InChI=1S/C14H17ClN4/c1-19(2)14-17-10-8-13(18-14)16-9-7-11-3-5-12(15)6-4-11/h3-6,8,10H,7,9H2,1-2H3,(H,16,17,18). The maximum atomic E-state index is 5.85. The summed E-state index contributed by atoms with van der Waals surface area (Å²) in [5.41, 5.74) is 1.25. The predicted octanol–water partition coefficient (Wildman–Crippen LogP) is 2.85. The van der Waals surface area contributed by atoms with Crippen LogP contribution in [0.2, 0.25) is 5.02 Å². The van der Waals surface area contributed by atoms with Gasteiger partial charge in [-0.2, -0.15) is 4.98 Å². The van der Waals surface area contributed by atoms with Crippen LogP contribution in [0, 0.1) is 0 Å². The molecule has 1 heterocycles. The fourth-order valence-electron chi connectivity index (χ4n) is 1.65. The molecule has 0 fully saturated rings. The number of nitrogens with zero attached hydrogens (tertiary/aromatic N) is 3. The largest absolute Gasteiger partial charge is 0.370 e. The van der Waals surface area contributed by atoms with E-state index in [9.17, 15) is 0 Å². The van der Waals surface area contributed by atoms with Gasteiger partial charge in [-0.1, -0.05) is 23.7 Å². The molecule has 1 N–H and O–H groups in total. The average molecular weight is 277 g/mol. The van der Waals surface area contributed by atoms with Gasteiger partial charge in [0.25, 0.3) is 0 Å². The number of aromatic nitrogens is 2. The van der Waals surface area contributed by atoms with Gasteiger partial charge >= 0.3 is 0 Å². The van der Waals surface area contributed by atoms with Gasteiger partial charge in [-0.25, -0.2) is 4.98 Å². The van der Waals surface area contributed by atoms with Crippen molar-refractivity contribution in [3.63, 3.8) is 0 Å². The quantitative estimate of drug-likeness (QED) is 0.912. The second kappa shape index (κ2) is 6.38. The van der Waals surface area contributed by atoms with Crippen molar-refractivity contribution in [1.82, 2.24) is 9.97 Å². The molecule has 0 atom stereocenters. The maximum Gasteiger partial charge on any atom is 0.226 e. The Balaban J connectivity index is 1.88. The monoisotopic (exact) mass is 276 g/mol. The highest BCUT2D eigenvalue weighted by Gasteiger charge is 2.00. The molecular formula is C14H17ClN4. The molecule has 2 rings (SSSR count). The van der Waals surface area contributed by atoms with E-state index in [2.05, 4.69) is 15.3 Å². The lowest BCUT2D eigenvalue weighted by Crippen LogP contribution is -2.14. The molecule has 4 nitrogen and oxygen atoms in total. The number of halogens is 1. The molecule has 0 spiro atoms. The highest BCUT2D eigenvalue weighted by molar-refractivity contribution is 6.30. The van der Waals surface area contributed by atoms with Crippen molar-refractivity contribution in [2.75, 3.05) is 30.9 Å². The van der Waals surface area contributed by atoms with Crippen LogP contribution in [0.3, 0.4) is 0 Å². The molecule has 19 heavy (non-hydrogen) atoms. The number of anilines is 2. The van der Waals surface area contributed by atoms with Gasteiger partial charge in [-0.15, -0.1) is 0 Å². The second-order valence-corrected chi connectivity index (χ2v) is 4.88. The predicted molar refractivity (Wildman–Crippen MR) is 80.0 cm³/mol. The lowest BCUT2D eigenvalue weighted by molar-refractivity contribution is 0.969. The normalized spacial score (nSPS) is 10.3. The van der Waals surface area contributed by atoms with E-state index in [1.807, 2.05) is 49.3 Å². The van der Waals surface area contributed by atoms with Crippen molar-refractivity contribution in [1.29, 1.82) is 0 Å². The van der Waals surface area contributed by atoms with Gasteiger partial charge in [0, 0.05) is 31.9 Å². The summed E-state index contributed by atoms with van der Waals surface area (Å²) in [4.78, 5) is 10.5. The lowest BCUT2D eigenvalue weighted by Gasteiger charge is -2.11. The molecule has 0 unspecified atom stereocenters. The summed E-state index contributed by atoms with van der Waals surface area (Å²) >= 11 is 5.85. The lowest BCUT2D eigenvalue weighted by atomic mass is 10.1. The summed E-state index contributed by atoms with van der Waals surface area (Å²) in [6, 6.07) is 9.76. The van der Waals surface area contributed by atoms with E-state index in [1.54, 1.807) is 6.20 Å². The Morgan fingerprint density at radius 1 is 1.16 bits per heavy atom. The van der Waals surface area contributed by atoms with Crippen LogP contribution in [0.4, 0.5) is 11.8 Å². The van der Waals surface area contributed by atoms with E-state index >= 15 is 0 Å². The van der Waals surface area contributed by atoms with Gasteiger partial charge in [-0.05, 0) is 30.2 Å². The minimum absolute atomic E-state index is 0.705. The zero-order valence-corrected chi connectivity index (χ0v) is 11.9. The van der Waals surface area contributed by atoms with E-state index in [1.165, 1.54) is 5.56 Å². The number of hydrogen-bond acceptors (Lipinski definition) is 4. The molecular weight excluding hydrogens is 260 g/mol. The Bertz CT molecular complexity index is 525. The third kappa shape index (κ3) is 4.10. The minimum Gasteiger partial charge on any atom is -0.370 e. The van der Waals surface area contributed by atoms with Gasteiger partial charge in [0.1, 0.15) is 5.82 Å². The van der Waals surface area contributed by atoms with Crippen LogP contribution in [0.25, 0.3) is 0 Å². The van der Waals surface area contributed by atoms with E-state index in [0.717, 1.165) is 23.8 Å². The molecule has 0 aliphatic heterocycles. The average Bonchev–Trinajstić information content (AvgIpc) is 2.41. The van der Waals surface area contributed by atoms with Gasteiger partial charge in [-0.3, -0.25) is 0 Å². The molecule has 1 aromatic carbocycles. The molecule has 100 valence electrons. The summed E-state index contributed by atoms with van der Waals surface area (Å²) in [6.45, 7) is 0.825. The molecule has 0 saturated carbocycles. The van der Waals surface area contributed by atoms with Crippen molar-refractivity contribution in [3.8, 4) is 0 Å². The third-order valence-electron chi connectivity index (χ3n) is 2.68. The summed E-state index contributed by atoms with van der Waals surface area (Å²) in [5, 5.41) is 4.06. The Morgan fingerprint density at radius 3 is 2.58 bits per heavy atom.